The van der Waals surface area contributed by atoms with Crippen molar-refractivity contribution in [3.05, 3.63) is 23.9 Å². The largest absolute Gasteiger partial charge is 0.373 e. The summed E-state index contributed by atoms with van der Waals surface area (Å²) in [6.07, 6.45) is 2.52. The summed E-state index contributed by atoms with van der Waals surface area (Å²) >= 11 is 0. The average molecular weight is 219 g/mol. The van der Waals surface area contributed by atoms with E-state index in [9.17, 15) is 0 Å². The van der Waals surface area contributed by atoms with Gasteiger partial charge in [-0.1, -0.05) is 6.07 Å². The predicted molar refractivity (Wildman–Crippen MR) is 67.6 cm³/mol. The van der Waals surface area contributed by atoms with Gasteiger partial charge in [0.1, 0.15) is 5.82 Å². The fourth-order valence-electron chi connectivity index (χ4n) is 2.50. The molecule has 0 aromatic carbocycles. The van der Waals surface area contributed by atoms with Crippen molar-refractivity contribution in [2.45, 2.75) is 38.8 Å². The van der Waals surface area contributed by atoms with E-state index in [0.29, 0.717) is 12.1 Å². The van der Waals surface area contributed by atoms with Crippen LogP contribution in [-0.4, -0.2) is 29.5 Å². The van der Waals surface area contributed by atoms with E-state index in [1.807, 2.05) is 13.1 Å². The van der Waals surface area contributed by atoms with Crippen molar-refractivity contribution in [2.24, 2.45) is 0 Å². The van der Waals surface area contributed by atoms with E-state index >= 15 is 0 Å². The molecular formula is C13H21N3. The third-order valence-electron chi connectivity index (χ3n) is 3.33. The molecule has 1 aliphatic rings. The van der Waals surface area contributed by atoms with Gasteiger partial charge in [0, 0.05) is 13.1 Å². The summed E-state index contributed by atoms with van der Waals surface area (Å²) in [5, 5.41) is 3.11. The van der Waals surface area contributed by atoms with Crippen LogP contribution in [0.25, 0.3) is 0 Å². The molecule has 3 heteroatoms. The molecule has 0 spiro atoms. The molecule has 2 heterocycles. The zero-order valence-electron chi connectivity index (χ0n) is 10.4. The Bertz CT molecular complexity index is 349. The first kappa shape index (κ1) is 11.4. The highest BCUT2D eigenvalue weighted by Gasteiger charge is 2.28. The lowest BCUT2D eigenvalue weighted by Crippen LogP contribution is -2.30. The fraction of sp³-hybridized carbons (Fsp3) is 0.615. The Kier molecular flexibility index (Phi) is 3.44. The maximum Gasteiger partial charge on any atom is 0.126 e. The van der Waals surface area contributed by atoms with Gasteiger partial charge in [-0.05, 0) is 45.4 Å². The van der Waals surface area contributed by atoms with Crippen molar-refractivity contribution < 1.29 is 0 Å². The van der Waals surface area contributed by atoms with Gasteiger partial charge in [-0.2, -0.15) is 0 Å². The quantitative estimate of drug-likeness (QED) is 0.847. The molecule has 0 unspecified atom stereocenters. The average Bonchev–Trinajstić information content (AvgIpc) is 2.78. The summed E-state index contributed by atoms with van der Waals surface area (Å²) in [7, 11) is 1.92. The molecule has 0 bridgehead atoms. The van der Waals surface area contributed by atoms with E-state index in [4.69, 9.17) is 0 Å². The van der Waals surface area contributed by atoms with Crippen LogP contribution < -0.4 is 5.32 Å². The van der Waals surface area contributed by atoms with Crippen LogP contribution in [0.3, 0.4) is 0 Å². The van der Waals surface area contributed by atoms with Crippen LogP contribution in [0, 0.1) is 0 Å². The molecule has 0 aliphatic carbocycles. The number of rotatable bonds is 3. The molecule has 88 valence electrons. The Morgan fingerprint density at radius 2 is 2.25 bits per heavy atom. The lowest BCUT2D eigenvalue weighted by atomic mass is 10.1. The number of nitrogens with zero attached hydrogens (tertiary/aromatic N) is 2. The second-order valence-corrected chi connectivity index (χ2v) is 4.69. The first-order valence-corrected chi connectivity index (χ1v) is 6.13. The van der Waals surface area contributed by atoms with Crippen LogP contribution in [-0.2, 0) is 0 Å². The summed E-state index contributed by atoms with van der Waals surface area (Å²) in [6.45, 7) is 5.73. The van der Waals surface area contributed by atoms with Crippen LogP contribution in [0.1, 0.15) is 38.4 Å². The second-order valence-electron chi connectivity index (χ2n) is 4.69. The number of hydrogen-bond donors (Lipinski definition) is 1. The molecule has 16 heavy (non-hydrogen) atoms. The van der Waals surface area contributed by atoms with Gasteiger partial charge in [-0.25, -0.2) is 4.98 Å². The molecule has 1 aliphatic heterocycles. The minimum atomic E-state index is 0.508. The number of aromatic nitrogens is 1. The number of likely N-dealkylation sites (tertiary alicyclic amines) is 1. The van der Waals surface area contributed by atoms with Crippen LogP contribution >= 0.6 is 0 Å². The smallest absolute Gasteiger partial charge is 0.126 e. The van der Waals surface area contributed by atoms with E-state index in [1.54, 1.807) is 0 Å². The molecule has 2 rings (SSSR count). The van der Waals surface area contributed by atoms with E-state index in [2.05, 4.69) is 41.2 Å². The monoisotopic (exact) mass is 219 g/mol. The van der Waals surface area contributed by atoms with Crippen LogP contribution in [0.5, 0.6) is 0 Å². The number of nitrogens with one attached hydrogen (secondary N) is 1. The van der Waals surface area contributed by atoms with Crippen molar-refractivity contribution in [1.82, 2.24) is 9.88 Å². The zero-order chi connectivity index (χ0) is 11.5. The maximum atomic E-state index is 4.65. The summed E-state index contributed by atoms with van der Waals surface area (Å²) in [5.41, 5.74) is 1.21. The van der Waals surface area contributed by atoms with Gasteiger partial charge in [0.05, 0.1) is 11.7 Å². The van der Waals surface area contributed by atoms with E-state index in [1.165, 1.54) is 25.1 Å². The summed E-state index contributed by atoms with van der Waals surface area (Å²) in [6, 6.07) is 7.36. The molecule has 1 N–H and O–H groups in total. The lowest BCUT2D eigenvalue weighted by Gasteiger charge is -2.28. The van der Waals surface area contributed by atoms with Gasteiger partial charge in [-0.15, -0.1) is 0 Å². The highest BCUT2D eigenvalue weighted by atomic mass is 15.2. The Morgan fingerprint density at radius 3 is 2.94 bits per heavy atom. The molecule has 3 nitrogen and oxygen atoms in total. The summed E-state index contributed by atoms with van der Waals surface area (Å²) < 4.78 is 0. The Morgan fingerprint density at radius 1 is 1.44 bits per heavy atom. The highest BCUT2D eigenvalue weighted by molar-refractivity contribution is 5.35. The van der Waals surface area contributed by atoms with Crippen molar-refractivity contribution in [3.63, 3.8) is 0 Å². The number of anilines is 1. The third-order valence-corrected chi connectivity index (χ3v) is 3.33. The molecule has 1 saturated heterocycles. The zero-order valence-corrected chi connectivity index (χ0v) is 10.4. The number of hydrogen-bond acceptors (Lipinski definition) is 3. The summed E-state index contributed by atoms with van der Waals surface area (Å²) in [4.78, 5) is 7.20. The molecule has 0 amide bonds. The third kappa shape index (κ3) is 2.19. The maximum absolute atomic E-state index is 4.65. The topological polar surface area (TPSA) is 28.2 Å². The van der Waals surface area contributed by atoms with E-state index in [-0.39, 0.29) is 0 Å². The SMILES string of the molecule is CNc1cccc([C@H]2CCCN2C(C)C)n1. The first-order valence-electron chi connectivity index (χ1n) is 6.13. The minimum absolute atomic E-state index is 0.508. The molecule has 1 aromatic rings. The van der Waals surface area contributed by atoms with Crippen LogP contribution in [0.2, 0.25) is 0 Å². The molecule has 1 fully saturated rings. The minimum Gasteiger partial charge on any atom is -0.373 e. The molecule has 0 radical (unpaired) electrons. The first-order chi connectivity index (χ1) is 7.72. The van der Waals surface area contributed by atoms with Crippen LogP contribution in [0.4, 0.5) is 5.82 Å². The standard InChI is InChI=1S/C13H21N3/c1-10(2)16-9-5-7-12(16)11-6-4-8-13(14-3)15-11/h4,6,8,10,12H,5,7,9H2,1-3H3,(H,14,15)/t12-/m1/s1. The Labute approximate surface area is 97.9 Å². The van der Waals surface area contributed by atoms with E-state index in [0.717, 1.165) is 5.82 Å². The van der Waals surface area contributed by atoms with Gasteiger partial charge < -0.3 is 5.32 Å². The van der Waals surface area contributed by atoms with Gasteiger partial charge >= 0.3 is 0 Å². The second kappa shape index (κ2) is 4.83. The predicted octanol–water partition coefficient (Wildman–Crippen LogP) is 2.67. The highest BCUT2D eigenvalue weighted by Crippen LogP contribution is 2.32. The Hall–Kier alpha value is -1.09. The summed E-state index contributed by atoms with van der Waals surface area (Å²) in [5.74, 6) is 0.966. The fourth-order valence-corrected chi connectivity index (χ4v) is 2.50. The number of pyridine rings is 1. The van der Waals surface area contributed by atoms with Gasteiger partial charge in [0.15, 0.2) is 0 Å². The van der Waals surface area contributed by atoms with Crippen molar-refractivity contribution in [1.29, 1.82) is 0 Å². The normalized spacial score (nSPS) is 21.6. The Balaban J connectivity index is 2.22. The van der Waals surface area contributed by atoms with Crippen molar-refractivity contribution >= 4 is 5.82 Å². The van der Waals surface area contributed by atoms with Crippen molar-refractivity contribution in [3.8, 4) is 0 Å². The molecule has 1 aromatic heterocycles. The van der Waals surface area contributed by atoms with Gasteiger partial charge in [0.2, 0.25) is 0 Å². The van der Waals surface area contributed by atoms with Crippen molar-refractivity contribution in [2.75, 3.05) is 18.9 Å². The molecule has 0 saturated carbocycles. The molecule has 1 atom stereocenters. The van der Waals surface area contributed by atoms with E-state index < -0.39 is 0 Å². The molecular weight excluding hydrogens is 198 g/mol. The van der Waals surface area contributed by atoms with Crippen LogP contribution in [0.15, 0.2) is 18.2 Å². The lowest BCUT2D eigenvalue weighted by molar-refractivity contribution is 0.202. The van der Waals surface area contributed by atoms with Gasteiger partial charge in [0.25, 0.3) is 0 Å². The van der Waals surface area contributed by atoms with Gasteiger partial charge in [-0.3, -0.25) is 4.90 Å².